The summed E-state index contributed by atoms with van der Waals surface area (Å²) in [6.07, 6.45) is -0.852. The van der Waals surface area contributed by atoms with E-state index in [1.54, 1.807) is 6.07 Å². The van der Waals surface area contributed by atoms with E-state index in [0.29, 0.717) is 24.2 Å². The maximum Gasteiger partial charge on any atom is 0.416 e. The van der Waals surface area contributed by atoms with Crippen LogP contribution in [0.4, 0.5) is 13.2 Å². The standard InChI is InChI=1S/C15H21F3N2/c1-11(8-14-6-3-7-19-14)20-10-12-4-2-5-13(9-12)15(16,17)18/h2,4-5,9,11,14,19-20H,3,6-8,10H2,1H3. The van der Waals surface area contributed by atoms with Crippen LogP contribution >= 0.6 is 0 Å². The minimum Gasteiger partial charge on any atom is -0.314 e. The van der Waals surface area contributed by atoms with Gasteiger partial charge in [-0.2, -0.15) is 13.2 Å². The summed E-state index contributed by atoms with van der Waals surface area (Å²) >= 11 is 0. The van der Waals surface area contributed by atoms with Crippen LogP contribution in [0, 0.1) is 0 Å². The van der Waals surface area contributed by atoms with E-state index >= 15 is 0 Å². The highest BCUT2D eigenvalue weighted by atomic mass is 19.4. The van der Waals surface area contributed by atoms with Crippen LogP contribution in [0.25, 0.3) is 0 Å². The van der Waals surface area contributed by atoms with Gasteiger partial charge in [-0.15, -0.1) is 0 Å². The predicted octanol–water partition coefficient (Wildman–Crippen LogP) is 3.33. The predicted molar refractivity (Wildman–Crippen MR) is 73.4 cm³/mol. The molecule has 112 valence electrons. The van der Waals surface area contributed by atoms with E-state index in [-0.39, 0.29) is 0 Å². The average Bonchev–Trinajstić information content (AvgIpc) is 2.88. The lowest BCUT2D eigenvalue weighted by Crippen LogP contribution is -2.33. The third kappa shape index (κ3) is 4.49. The van der Waals surface area contributed by atoms with Crippen molar-refractivity contribution in [1.82, 2.24) is 10.6 Å². The highest BCUT2D eigenvalue weighted by Gasteiger charge is 2.30. The summed E-state index contributed by atoms with van der Waals surface area (Å²) < 4.78 is 37.8. The van der Waals surface area contributed by atoms with Crippen LogP contribution in [0.3, 0.4) is 0 Å². The number of hydrogen-bond acceptors (Lipinski definition) is 2. The van der Waals surface area contributed by atoms with E-state index in [0.717, 1.165) is 19.0 Å². The van der Waals surface area contributed by atoms with Gasteiger partial charge < -0.3 is 10.6 Å². The molecule has 0 aliphatic carbocycles. The van der Waals surface area contributed by atoms with Crippen molar-refractivity contribution in [3.05, 3.63) is 35.4 Å². The van der Waals surface area contributed by atoms with E-state index in [1.165, 1.54) is 25.0 Å². The molecule has 1 heterocycles. The molecule has 0 saturated carbocycles. The van der Waals surface area contributed by atoms with Crippen LogP contribution in [0.15, 0.2) is 24.3 Å². The van der Waals surface area contributed by atoms with Crippen LogP contribution in [0.1, 0.15) is 37.3 Å². The van der Waals surface area contributed by atoms with Gasteiger partial charge in [0.2, 0.25) is 0 Å². The normalized spacial score (nSPS) is 21.1. The molecule has 2 nitrogen and oxygen atoms in total. The highest BCUT2D eigenvalue weighted by molar-refractivity contribution is 5.25. The van der Waals surface area contributed by atoms with Crippen molar-refractivity contribution >= 4 is 0 Å². The second kappa shape index (κ2) is 6.59. The molecule has 2 unspecified atom stereocenters. The minimum atomic E-state index is -4.27. The molecule has 1 aromatic carbocycles. The molecule has 0 bridgehead atoms. The Morgan fingerprint density at radius 1 is 1.40 bits per heavy atom. The summed E-state index contributed by atoms with van der Waals surface area (Å²) in [6.45, 7) is 3.62. The van der Waals surface area contributed by atoms with Gasteiger partial charge in [-0.1, -0.05) is 18.2 Å². The quantitative estimate of drug-likeness (QED) is 0.867. The third-order valence-corrected chi connectivity index (χ3v) is 3.71. The van der Waals surface area contributed by atoms with Gasteiger partial charge in [-0.3, -0.25) is 0 Å². The Bertz CT molecular complexity index is 425. The van der Waals surface area contributed by atoms with Crippen LogP contribution in [-0.4, -0.2) is 18.6 Å². The summed E-state index contributed by atoms with van der Waals surface area (Å²) in [4.78, 5) is 0. The Balaban J connectivity index is 1.84. The lowest BCUT2D eigenvalue weighted by Gasteiger charge is -2.18. The number of hydrogen-bond donors (Lipinski definition) is 2. The van der Waals surface area contributed by atoms with Crippen molar-refractivity contribution in [1.29, 1.82) is 0 Å². The molecule has 0 amide bonds. The number of alkyl halides is 3. The van der Waals surface area contributed by atoms with E-state index in [2.05, 4.69) is 17.6 Å². The Morgan fingerprint density at radius 2 is 2.20 bits per heavy atom. The topological polar surface area (TPSA) is 24.1 Å². The molecule has 1 aromatic rings. The van der Waals surface area contributed by atoms with Crippen molar-refractivity contribution in [3.63, 3.8) is 0 Å². The van der Waals surface area contributed by atoms with E-state index in [1.807, 2.05) is 0 Å². The zero-order valence-corrected chi connectivity index (χ0v) is 11.6. The first kappa shape index (κ1) is 15.3. The average molecular weight is 286 g/mol. The number of benzene rings is 1. The maximum absolute atomic E-state index is 12.6. The fourth-order valence-electron chi connectivity index (χ4n) is 2.62. The molecule has 2 atom stereocenters. The minimum absolute atomic E-state index is 0.292. The molecule has 1 aliphatic rings. The molecule has 1 fully saturated rings. The van der Waals surface area contributed by atoms with Crippen LogP contribution in [-0.2, 0) is 12.7 Å². The van der Waals surface area contributed by atoms with Crippen LogP contribution in [0.2, 0.25) is 0 Å². The van der Waals surface area contributed by atoms with Gasteiger partial charge in [-0.05, 0) is 44.4 Å². The molecule has 20 heavy (non-hydrogen) atoms. The SMILES string of the molecule is CC(CC1CCCN1)NCc1cccc(C(F)(F)F)c1. The monoisotopic (exact) mass is 286 g/mol. The van der Waals surface area contributed by atoms with Crippen LogP contribution < -0.4 is 10.6 Å². The van der Waals surface area contributed by atoms with Gasteiger partial charge in [0.05, 0.1) is 5.56 Å². The zero-order valence-electron chi connectivity index (χ0n) is 11.6. The van der Waals surface area contributed by atoms with Gasteiger partial charge >= 0.3 is 6.18 Å². The molecule has 5 heteroatoms. The number of rotatable bonds is 5. The Morgan fingerprint density at radius 3 is 2.85 bits per heavy atom. The number of nitrogens with one attached hydrogen (secondary N) is 2. The first-order chi connectivity index (χ1) is 9.45. The fourth-order valence-corrected chi connectivity index (χ4v) is 2.62. The van der Waals surface area contributed by atoms with E-state index < -0.39 is 11.7 Å². The Kier molecular flexibility index (Phi) is 5.05. The molecule has 0 aromatic heterocycles. The second-order valence-corrected chi connectivity index (χ2v) is 5.51. The zero-order chi connectivity index (χ0) is 14.6. The molecule has 0 spiro atoms. The summed E-state index contributed by atoms with van der Waals surface area (Å²) in [5, 5.41) is 6.72. The first-order valence-corrected chi connectivity index (χ1v) is 7.08. The highest BCUT2D eigenvalue weighted by Crippen LogP contribution is 2.29. The third-order valence-electron chi connectivity index (χ3n) is 3.71. The van der Waals surface area contributed by atoms with Crippen LogP contribution in [0.5, 0.6) is 0 Å². The van der Waals surface area contributed by atoms with Gasteiger partial charge in [0, 0.05) is 18.6 Å². The summed E-state index contributed by atoms with van der Waals surface area (Å²) in [5.41, 5.74) is 0.0907. The first-order valence-electron chi connectivity index (χ1n) is 7.08. The lowest BCUT2D eigenvalue weighted by atomic mass is 10.1. The molecular formula is C15H21F3N2. The number of halogens is 3. The van der Waals surface area contributed by atoms with E-state index in [4.69, 9.17) is 0 Å². The molecule has 0 radical (unpaired) electrons. The van der Waals surface area contributed by atoms with Gasteiger partial charge in [0.1, 0.15) is 0 Å². The second-order valence-electron chi connectivity index (χ2n) is 5.51. The summed E-state index contributed by atoms with van der Waals surface area (Å²) in [7, 11) is 0. The van der Waals surface area contributed by atoms with Crippen molar-refractivity contribution in [2.75, 3.05) is 6.54 Å². The van der Waals surface area contributed by atoms with Crippen molar-refractivity contribution < 1.29 is 13.2 Å². The smallest absolute Gasteiger partial charge is 0.314 e. The van der Waals surface area contributed by atoms with Gasteiger partial charge in [0.25, 0.3) is 0 Å². The van der Waals surface area contributed by atoms with Crippen molar-refractivity contribution in [2.45, 2.75) is 51.0 Å². The fraction of sp³-hybridized carbons (Fsp3) is 0.600. The lowest BCUT2D eigenvalue weighted by molar-refractivity contribution is -0.137. The maximum atomic E-state index is 12.6. The summed E-state index contributed by atoms with van der Waals surface area (Å²) in [5.74, 6) is 0. The summed E-state index contributed by atoms with van der Waals surface area (Å²) in [6, 6.07) is 6.34. The molecular weight excluding hydrogens is 265 g/mol. The Labute approximate surface area is 117 Å². The van der Waals surface area contributed by atoms with Crippen molar-refractivity contribution in [3.8, 4) is 0 Å². The molecule has 1 saturated heterocycles. The van der Waals surface area contributed by atoms with Crippen molar-refractivity contribution in [2.24, 2.45) is 0 Å². The van der Waals surface area contributed by atoms with E-state index in [9.17, 15) is 13.2 Å². The molecule has 2 N–H and O–H groups in total. The van der Waals surface area contributed by atoms with Gasteiger partial charge in [0.15, 0.2) is 0 Å². The Hall–Kier alpha value is -1.07. The molecule has 1 aliphatic heterocycles. The van der Waals surface area contributed by atoms with Gasteiger partial charge in [-0.25, -0.2) is 0 Å². The largest absolute Gasteiger partial charge is 0.416 e. The molecule has 2 rings (SSSR count).